The molecular formula is C13H18O4. The minimum Gasteiger partial charge on any atom is -0.493 e. The molecule has 94 valence electrons. The Morgan fingerprint density at radius 3 is 2.59 bits per heavy atom. The van der Waals surface area contributed by atoms with E-state index >= 15 is 0 Å². The maximum absolute atomic E-state index is 5.22. The molecule has 0 aliphatic heterocycles. The van der Waals surface area contributed by atoms with Gasteiger partial charge in [0.05, 0.1) is 13.7 Å². The SMILES string of the molecule is CC=Cc1ccc(OOCCOC)c(OC)c1. The quantitative estimate of drug-likeness (QED) is 0.416. The second-order valence-electron chi connectivity index (χ2n) is 3.31. The molecule has 0 saturated heterocycles. The number of rotatable bonds is 7. The van der Waals surface area contributed by atoms with Crippen molar-refractivity contribution in [1.29, 1.82) is 0 Å². The second kappa shape index (κ2) is 7.70. The minimum absolute atomic E-state index is 0.371. The highest BCUT2D eigenvalue weighted by atomic mass is 17.2. The monoisotopic (exact) mass is 238 g/mol. The lowest BCUT2D eigenvalue weighted by Crippen LogP contribution is -2.05. The van der Waals surface area contributed by atoms with Crippen molar-refractivity contribution in [3.63, 3.8) is 0 Å². The van der Waals surface area contributed by atoms with Crippen LogP contribution in [-0.4, -0.2) is 27.4 Å². The summed E-state index contributed by atoms with van der Waals surface area (Å²) in [7, 11) is 3.20. The van der Waals surface area contributed by atoms with Gasteiger partial charge >= 0.3 is 0 Å². The maximum Gasteiger partial charge on any atom is 0.207 e. The molecule has 0 aliphatic carbocycles. The van der Waals surface area contributed by atoms with Gasteiger partial charge < -0.3 is 14.4 Å². The molecule has 4 nitrogen and oxygen atoms in total. The first-order valence-electron chi connectivity index (χ1n) is 5.41. The van der Waals surface area contributed by atoms with E-state index in [1.807, 2.05) is 31.2 Å². The molecule has 0 unspecified atom stereocenters. The van der Waals surface area contributed by atoms with Crippen molar-refractivity contribution in [2.75, 3.05) is 27.4 Å². The molecular weight excluding hydrogens is 220 g/mol. The van der Waals surface area contributed by atoms with Crippen molar-refractivity contribution in [2.45, 2.75) is 6.92 Å². The van der Waals surface area contributed by atoms with Crippen LogP contribution in [0.3, 0.4) is 0 Å². The number of allylic oxidation sites excluding steroid dienone is 1. The van der Waals surface area contributed by atoms with Crippen LogP contribution in [-0.2, 0) is 9.62 Å². The summed E-state index contributed by atoms with van der Waals surface area (Å²) in [6.45, 7) is 2.82. The fraction of sp³-hybridized carbons (Fsp3) is 0.385. The summed E-state index contributed by atoms with van der Waals surface area (Å²) in [4.78, 5) is 10.1. The summed E-state index contributed by atoms with van der Waals surface area (Å²) in [6, 6.07) is 5.62. The fourth-order valence-electron chi connectivity index (χ4n) is 1.27. The van der Waals surface area contributed by atoms with Crippen molar-refractivity contribution in [1.82, 2.24) is 0 Å². The average Bonchev–Trinajstić information content (AvgIpc) is 2.36. The van der Waals surface area contributed by atoms with E-state index in [4.69, 9.17) is 19.2 Å². The van der Waals surface area contributed by atoms with Gasteiger partial charge in [-0.15, -0.1) is 0 Å². The Morgan fingerprint density at radius 1 is 1.12 bits per heavy atom. The first kappa shape index (κ1) is 13.5. The van der Waals surface area contributed by atoms with Crippen molar-refractivity contribution in [3.8, 4) is 11.5 Å². The van der Waals surface area contributed by atoms with Crippen LogP contribution in [0.15, 0.2) is 24.3 Å². The fourth-order valence-corrected chi connectivity index (χ4v) is 1.27. The first-order chi connectivity index (χ1) is 8.31. The Labute approximate surface area is 102 Å². The predicted octanol–water partition coefficient (Wildman–Crippen LogP) is 2.69. The predicted molar refractivity (Wildman–Crippen MR) is 66.2 cm³/mol. The third-order valence-electron chi connectivity index (χ3n) is 2.07. The number of hydrogen-bond acceptors (Lipinski definition) is 4. The molecule has 0 radical (unpaired) electrons. The summed E-state index contributed by atoms with van der Waals surface area (Å²) >= 11 is 0. The highest BCUT2D eigenvalue weighted by Crippen LogP contribution is 2.28. The van der Waals surface area contributed by atoms with Crippen LogP contribution in [0.4, 0.5) is 0 Å². The highest BCUT2D eigenvalue weighted by molar-refractivity contribution is 5.55. The lowest BCUT2D eigenvalue weighted by Gasteiger charge is -2.09. The van der Waals surface area contributed by atoms with Gasteiger partial charge in [0.1, 0.15) is 6.61 Å². The second-order valence-corrected chi connectivity index (χ2v) is 3.31. The van der Waals surface area contributed by atoms with Gasteiger partial charge in [-0.2, -0.15) is 4.89 Å². The number of methoxy groups -OCH3 is 2. The van der Waals surface area contributed by atoms with Gasteiger partial charge in [0.15, 0.2) is 5.75 Å². The zero-order chi connectivity index (χ0) is 12.5. The van der Waals surface area contributed by atoms with Gasteiger partial charge in [0.2, 0.25) is 5.75 Å². The normalized spacial score (nSPS) is 10.8. The highest BCUT2D eigenvalue weighted by Gasteiger charge is 2.05. The van der Waals surface area contributed by atoms with Gasteiger partial charge in [-0.25, -0.2) is 0 Å². The van der Waals surface area contributed by atoms with Crippen LogP contribution in [0, 0.1) is 0 Å². The van der Waals surface area contributed by atoms with Crippen molar-refractivity contribution < 1.29 is 19.2 Å². The Morgan fingerprint density at radius 2 is 1.94 bits per heavy atom. The van der Waals surface area contributed by atoms with E-state index in [-0.39, 0.29) is 0 Å². The molecule has 0 aliphatic rings. The van der Waals surface area contributed by atoms with Crippen molar-refractivity contribution >= 4 is 6.08 Å². The van der Waals surface area contributed by atoms with Crippen LogP contribution in [0.25, 0.3) is 6.08 Å². The molecule has 0 amide bonds. The number of ether oxygens (including phenoxy) is 2. The third-order valence-corrected chi connectivity index (χ3v) is 2.07. The molecule has 1 aromatic carbocycles. The van der Waals surface area contributed by atoms with Gasteiger partial charge in [-0.1, -0.05) is 18.2 Å². The van der Waals surface area contributed by atoms with Gasteiger partial charge in [0, 0.05) is 7.11 Å². The largest absolute Gasteiger partial charge is 0.493 e. The Hall–Kier alpha value is -1.52. The molecule has 0 fully saturated rings. The van der Waals surface area contributed by atoms with Crippen LogP contribution in [0.1, 0.15) is 12.5 Å². The van der Waals surface area contributed by atoms with Crippen LogP contribution in [0.5, 0.6) is 11.5 Å². The zero-order valence-corrected chi connectivity index (χ0v) is 10.4. The summed E-state index contributed by atoms with van der Waals surface area (Å²) in [5.74, 6) is 1.19. The third kappa shape index (κ3) is 4.46. The van der Waals surface area contributed by atoms with E-state index < -0.39 is 0 Å². The smallest absolute Gasteiger partial charge is 0.207 e. The van der Waals surface area contributed by atoms with E-state index in [1.54, 1.807) is 20.3 Å². The van der Waals surface area contributed by atoms with E-state index in [0.717, 1.165) is 5.56 Å². The van der Waals surface area contributed by atoms with Crippen LogP contribution in [0.2, 0.25) is 0 Å². The molecule has 0 N–H and O–H groups in total. The average molecular weight is 238 g/mol. The molecule has 0 aromatic heterocycles. The van der Waals surface area contributed by atoms with Crippen LogP contribution < -0.4 is 9.62 Å². The number of hydrogen-bond donors (Lipinski definition) is 0. The van der Waals surface area contributed by atoms with Crippen LogP contribution >= 0.6 is 0 Å². The maximum atomic E-state index is 5.22. The molecule has 0 saturated carbocycles. The Balaban J connectivity index is 2.64. The summed E-state index contributed by atoms with van der Waals surface area (Å²) in [6.07, 6.45) is 3.95. The van der Waals surface area contributed by atoms with Gasteiger partial charge in [-0.3, -0.25) is 0 Å². The lowest BCUT2D eigenvalue weighted by molar-refractivity contribution is -0.214. The van der Waals surface area contributed by atoms with Gasteiger partial charge in [-0.05, 0) is 24.6 Å². The summed E-state index contributed by atoms with van der Waals surface area (Å²) in [5, 5.41) is 0. The minimum atomic E-state index is 0.371. The lowest BCUT2D eigenvalue weighted by atomic mass is 10.2. The molecule has 1 aromatic rings. The number of benzene rings is 1. The summed E-state index contributed by atoms with van der Waals surface area (Å²) < 4.78 is 10.1. The molecule has 0 atom stereocenters. The molecule has 4 heteroatoms. The zero-order valence-electron chi connectivity index (χ0n) is 10.4. The van der Waals surface area contributed by atoms with E-state index in [2.05, 4.69) is 0 Å². The van der Waals surface area contributed by atoms with E-state index in [0.29, 0.717) is 24.7 Å². The van der Waals surface area contributed by atoms with Crippen molar-refractivity contribution in [3.05, 3.63) is 29.8 Å². The molecule has 0 heterocycles. The van der Waals surface area contributed by atoms with Gasteiger partial charge in [0.25, 0.3) is 0 Å². The Kier molecular flexibility index (Phi) is 6.14. The molecule has 0 spiro atoms. The summed E-state index contributed by atoms with van der Waals surface area (Å²) in [5.41, 5.74) is 1.05. The topological polar surface area (TPSA) is 36.9 Å². The molecule has 0 bridgehead atoms. The standard InChI is InChI=1S/C13H18O4/c1-4-5-11-6-7-12(13(10-11)15-3)17-16-9-8-14-2/h4-7,10H,8-9H2,1-3H3. The molecule has 17 heavy (non-hydrogen) atoms. The Bertz CT molecular complexity index is 360. The van der Waals surface area contributed by atoms with E-state index in [9.17, 15) is 0 Å². The molecule has 1 rings (SSSR count). The van der Waals surface area contributed by atoms with Crippen molar-refractivity contribution in [2.24, 2.45) is 0 Å². The first-order valence-corrected chi connectivity index (χ1v) is 5.41. The van der Waals surface area contributed by atoms with E-state index in [1.165, 1.54) is 0 Å².